The van der Waals surface area contributed by atoms with E-state index in [0.717, 1.165) is 35.2 Å². The van der Waals surface area contributed by atoms with E-state index in [1.54, 1.807) is 50.8 Å². The molecule has 4 aliphatic rings. The summed E-state index contributed by atoms with van der Waals surface area (Å²) in [5, 5.41) is 22.5. The van der Waals surface area contributed by atoms with Crippen molar-refractivity contribution in [2.24, 2.45) is 5.92 Å². The second-order valence-corrected chi connectivity index (χ2v) is 13.6. The summed E-state index contributed by atoms with van der Waals surface area (Å²) in [5.74, 6) is -1.27. The minimum absolute atomic E-state index is 0.00548. The van der Waals surface area contributed by atoms with Crippen LogP contribution >= 0.6 is 0 Å². The Bertz CT molecular complexity index is 1840. The number of rotatable bonds is 9. The van der Waals surface area contributed by atoms with E-state index in [1.807, 2.05) is 54.6 Å². The van der Waals surface area contributed by atoms with Crippen LogP contribution in [0.1, 0.15) is 61.3 Å². The van der Waals surface area contributed by atoms with Crippen molar-refractivity contribution in [1.82, 2.24) is 4.90 Å². The number of aliphatic hydroxyl groups is 2. The van der Waals surface area contributed by atoms with Crippen LogP contribution in [0.25, 0.3) is 0 Å². The topological polar surface area (TPSA) is 122 Å². The van der Waals surface area contributed by atoms with E-state index < -0.39 is 17.4 Å². The van der Waals surface area contributed by atoms with Crippen molar-refractivity contribution in [2.75, 3.05) is 34.4 Å². The highest BCUT2D eigenvalue weighted by atomic mass is 16.3. The fourth-order valence-corrected chi connectivity index (χ4v) is 7.78. The number of amides is 4. The van der Waals surface area contributed by atoms with Gasteiger partial charge in [-0.2, -0.15) is 0 Å². The van der Waals surface area contributed by atoms with E-state index in [4.69, 9.17) is 0 Å². The molecule has 4 heterocycles. The number of benzene rings is 3. The van der Waals surface area contributed by atoms with E-state index in [9.17, 15) is 29.4 Å². The number of aliphatic hydroxyl groups excluding tert-OH is 1. The summed E-state index contributed by atoms with van der Waals surface area (Å²) in [6.07, 6.45) is 6.56. The number of anilines is 3. The van der Waals surface area contributed by atoms with Gasteiger partial charge in [0.1, 0.15) is 0 Å². The lowest BCUT2D eigenvalue weighted by atomic mass is 9.82. The number of hydrogen-bond donors (Lipinski definition) is 2. The summed E-state index contributed by atoms with van der Waals surface area (Å²) in [6.45, 7) is 3.44. The fourth-order valence-electron chi connectivity index (χ4n) is 7.78. The molecule has 0 saturated carbocycles. The Labute approximate surface area is 286 Å². The van der Waals surface area contributed by atoms with Crippen LogP contribution < -0.4 is 14.7 Å². The molecule has 3 aromatic carbocycles. The van der Waals surface area contributed by atoms with E-state index in [2.05, 4.69) is 0 Å². The second-order valence-electron chi connectivity index (χ2n) is 13.6. The SMILES string of the molecule is C[C@H](/C=C/CC(=O)N1Cc2ccccc2C[C@H]1CO)[C@@]1(O)C(=O)N(Cc2cccc(N3CCCC3=O)c2)c2ccc(N3CCCC3=O)cc21. The van der Waals surface area contributed by atoms with Crippen LogP contribution in [0, 0.1) is 5.92 Å². The van der Waals surface area contributed by atoms with E-state index >= 15 is 0 Å². The van der Waals surface area contributed by atoms with Gasteiger partial charge in [-0.1, -0.05) is 55.5 Å². The number of carbonyl (C=O) groups excluding carboxylic acids is 4. The van der Waals surface area contributed by atoms with Gasteiger partial charge in [-0.05, 0) is 66.3 Å². The normalized spacial score (nSPS) is 22.8. The van der Waals surface area contributed by atoms with Gasteiger partial charge < -0.3 is 29.8 Å². The highest BCUT2D eigenvalue weighted by Crippen LogP contribution is 2.47. The van der Waals surface area contributed by atoms with Crippen LogP contribution in [-0.2, 0) is 44.3 Å². The summed E-state index contributed by atoms with van der Waals surface area (Å²) in [4.78, 5) is 59.6. The predicted molar refractivity (Wildman–Crippen MR) is 186 cm³/mol. The molecule has 4 aliphatic heterocycles. The van der Waals surface area contributed by atoms with Crippen molar-refractivity contribution in [1.29, 1.82) is 0 Å². The van der Waals surface area contributed by atoms with Crippen molar-refractivity contribution < 1.29 is 29.4 Å². The average molecular weight is 663 g/mol. The van der Waals surface area contributed by atoms with Gasteiger partial charge in [-0.15, -0.1) is 0 Å². The molecule has 0 bridgehead atoms. The molecule has 0 unspecified atom stereocenters. The monoisotopic (exact) mass is 662 g/mol. The van der Waals surface area contributed by atoms with Gasteiger partial charge >= 0.3 is 0 Å². The lowest BCUT2D eigenvalue weighted by molar-refractivity contribution is -0.139. The summed E-state index contributed by atoms with van der Waals surface area (Å²) < 4.78 is 0. The van der Waals surface area contributed by atoms with Crippen LogP contribution in [-0.4, -0.2) is 64.5 Å². The first kappa shape index (κ1) is 32.7. The Hall–Kier alpha value is -4.80. The fraction of sp³-hybridized carbons (Fsp3) is 0.385. The number of fused-ring (bicyclic) bond motifs is 2. The third kappa shape index (κ3) is 5.93. The molecule has 2 N–H and O–H groups in total. The third-order valence-corrected chi connectivity index (χ3v) is 10.5. The van der Waals surface area contributed by atoms with Crippen LogP contribution in [0.5, 0.6) is 0 Å². The molecule has 0 aromatic heterocycles. The van der Waals surface area contributed by atoms with Gasteiger partial charge in [-0.3, -0.25) is 19.2 Å². The zero-order valence-corrected chi connectivity index (χ0v) is 27.8. The zero-order chi connectivity index (χ0) is 34.3. The average Bonchev–Trinajstić information content (AvgIpc) is 3.81. The molecule has 0 spiro atoms. The van der Waals surface area contributed by atoms with Crippen molar-refractivity contribution in [2.45, 2.75) is 70.2 Å². The zero-order valence-electron chi connectivity index (χ0n) is 27.8. The molecule has 4 amide bonds. The summed E-state index contributed by atoms with van der Waals surface area (Å²) in [6, 6.07) is 20.6. The standard InChI is InChI=1S/C39H42N4O6/c1-26(8-4-13-37(47)42-24-29-11-3-2-10-28(29)21-32(42)25-44)39(49)33-22-31(41-19-7-15-36(41)46)16-17-34(33)43(38(39)48)23-27-9-5-12-30(20-27)40-18-6-14-35(40)45/h2-5,8-12,16-17,20,22,26,32,44,49H,6-7,13-15,18-19,21,23-25H2,1H3/b8-4+/t26-,32+,39+/m1/s1. The Kier molecular flexibility index (Phi) is 8.85. The van der Waals surface area contributed by atoms with Gasteiger partial charge in [0, 0.05) is 61.8 Å². The molecule has 254 valence electrons. The maximum Gasteiger partial charge on any atom is 0.264 e. The minimum atomic E-state index is -1.95. The number of carbonyl (C=O) groups is 4. The van der Waals surface area contributed by atoms with Gasteiger partial charge in [-0.25, -0.2) is 0 Å². The second kappa shape index (κ2) is 13.2. The minimum Gasteiger partial charge on any atom is -0.394 e. The molecule has 3 aromatic rings. The molecule has 0 radical (unpaired) electrons. The van der Waals surface area contributed by atoms with Gasteiger partial charge in [0.15, 0.2) is 5.60 Å². The molecule has 10 heteroatoms. The number of hydrogen-bond acceptors (Lipinski definition) is 6. The highest BCUT2D eigenvalue weighted by molar-refractivity contribution is 6.08. The molecule has 7 rings (SSSR count). The van der Waals surface area contributed by atoms with Crippen molar-refractivity contribution in [3.05, 3.63) is 101 Å². The Balaban J connectivity index is 1.15. The maximum atomic E-state index is 14.4. The maximum absolute atomic E-state index is 14.4. The smallest absolute Gasteiger partial charge is 0.264 e. The van der Waals surface area contributed by atoms with Crippen LogP contribution in [0.15, 0.2) is 78.9 Å². The van der Waals surface area contributed by atoms with Gasteiger partial charge in [0.2, 0.25) is 17.7 Å². The first-order valence-corrected chi connectivity index (χ1v) is 17.2. The molecule has 49 heavy (non-hydrogen) atoms. The lowest BCUT2D eigenvalue weighted by Gasteiger charge is -2.36. The molecular weight excluding hydrogens is 620 g/mol. The van der Waals surface area contributed by atoms with Crippen LogP contribution in [0.4, 0.5) is 17.1 Å². The lowest BCUT2D eigenvalue weighted by Crippen LogP contribution is -2.46. The van der Waals surface area contributed by atoms with Gasteiger partial charge in [0.05, 0.1) is 24.9 Å². The predicted octanol–water partition coefficient (Wildman–Crippen LogP) is 4.20. The first-order chi connectivity index (χ1) is 23.7. The first-order valence-electron chi connectivity index (χ1n) is 17.2. The van der Waals surface area contributed by atoms with Crippen LogP contribution in [0.2, 0.25) is 0 Å². The molecule has 2 fully saturated rings. The highest BCUT2D eigenvalue weighted by Gasteiger charge is 2.53. The molecular formula is C39H42N4O6. The number of nitrogens with zero attached hydrogens (tertiary/aromatic N) is 4. The van der Waals surface area contributed by atoms with E-state index in [-0.39, 0.29) is 43.3 Å². The molecule has 2 saturated heterocycles. The summed E-state index contributed by atoms with van der Waals surface area (Å²) in [7, 11) is 0. The Morgan fingerprint density at radius 1 is 0.918 bits per heavy atom. The van der Waals surface area contributed by atoms with E-state index in [1.165, 1.54) is 0 Å². The molecule has 0 aliphatic carbocycles. The quantitative estimate of drug-likeness (QED) is 0.332. The van der Waals surface area contributed by atoms with Crippen molar-refractivity contribution >= 4 is 40.7 Å². The summed E-state index contributed by atoms with van der Waals surface area (Å²) >= 11 is 0. The third-order valence-electron chi connectivity index (χ3n) is 10.5. The molecule has 3 atom stereocenters. The van der Waals surface area contributed by atoms with Crippen molar-refractivity contribution in [3.63, 3.8) is 0 Å². The Morgan fingerprint density at radius 2 is 1.61 bits per heavy atom. The summed E-state index contributed by atoms with van der Waals surface area (Å²) in [5.41, 5.74) is 3.44. The van der Waals surface area contributed by atoms with Gasteiger partial charge in [0.25, 0.3) is 5.91 Å². The van der Waals surface area contributed by atoms with Crippen molar-refractivity contribution in [3.8, 4) is 0 Å². The Morgan fingerprint density at radius 3 is 2.29 bits per heavy atom. The largest absolute Gasteiger partial charge is 0.394 e. The van der Waals surface area contributed by atoms with E-state index in [0.29, 0.717) is 55.8 Å². The van der Waals surface area contributed by atoms with Crippen LogP contribution in [0.3, 0.4) is 0 Å². The molecule has 10 nitrogen and oxygen atoms in total.